The van der Waals surface area contributed by atoms with E-state index in [4.69, 9.17) is 4.74 Å². The molecular formula is C19H29BrN2O2. The molecule has 0 unspecified atom stereocenters. The molecule has 0 spiro atoms. The van der Waals surface area contributed by atoms with Gasteiger partial charge in [-0.05, 0) is 70.5 Å². The minimum absolute atomic E-state index is 0.0615. The molecule has 1 saturated heterocycles. The average Bonchev–Trinajstić information content (AvgIpc) is 2.81. The molecule has 4 nitrogen and oxygen atoms in total. The Morgan fingerprint density at radius 3 is 2.38 bits per heavy atom. The van der Waals surface area contributed by atoms with Crippen molar-refractivity contribution in [2.24, 2.45) is 0 Å². The summed E-state index contributed by atoms with van der Waals surface area (Å²) in [5.74, 6) is 0.788. The van der Waals surface area contributed by atoms with Crippen molar-refractivity contribution in [3.63, 3.8) is 0 Å². The SMILES string of the molecule is CC(C)(Br)C(=O)Nc1ccc(OCCCN2CCCCCC2)cc1. The second kappa shape index (κ2) is 9.42. The van der Waals surface area contributed by atoms with Gasteiger partial charge in [-0.25, -0.2) is 0 Å². The van der Waals surface area contributed by atoms with E-state index in [1.165, 1.54) is 38.8 Å². The normalized spacial score (nSPS) is 16.5. The van der Waals surface area contributed by atoms with E-state index < -0.39 is 4.32 Å². The summed E-state index contributed by atoms with van der Waals surface area (Å²) in [6.07, 6.45) is 6.47. The number of hydrogen-bond acceptors (Lipinski definition) is 3. The summed E-state index contributed by atoms with van der Waals surface area (Å²) >= 11 is 3.35. The summed E-state index contributed by atoms with van der Waals surface area (Å²) in [6, 6.07) is 7.56. The lowest BCUT2D eigenvalue weighted by Gasteiger charge is -2.19. The van der Waals surface area contributed by atoms with Gasteiger partial charge in [-0.15, -0.1) is 0 Å². The number of rotatable bonds is 7. The zero-order valence-corrected chi connectivity index (χ0v) is 16.4. The van der Waals surface area contributed by atoms with Crippen LogP contribution in [0.1, 0.15) is 46.0 Å². The fourth-order valence-electron chi connectivity index (χ4n) is 2.75. The number of ether oxygens (including phenoxy) is 1. The number of halogens is 1. The van der Waals surface area contributed by atoms with Crippen LogP contribution in [0.15, 0.2) is 24.3 Å². The van der Waals surface area contributed by atoms with Crippen molar-refractivity contribution in [3.05, 3.63) is 24.3 Å². The summed E-state index contributed by atoms with van der Waals surface area (Å²) in [7, 11) is 0. The zero-order valence-electron chi connectivity index (χ0n) is 14.8. The second-order valence-corrected chi connectivity index (χ2v) is 8.89. The first-order valence-electron chi connectivity index (χ1n) is 8.91. The summed E-state index contributed by atoms with van der Waals surface area (Å²) in [5.41, 5.74) is 0.782. The molecule has 0 aromatic heterocycles. The van der Waals surface area contributed by atoms with Crippen LogP contribution >= 0.6 is 15.9 Å². The third-order valence-corrected chi connectivity index (χ3v) is 4.60. The predicted molar refractivity (Wildman–Crippen MR) is 103 cm³/mol. The van der Waals surface area contributed by atoms with Gasteiger partial charge < -0.3 is 15.0 Å². The number of nitrogens with one attached hydrogen (secondary N) is 1. The monoisotopic (exact) mass is 396 g/mol. The molecular weight excluding hydrogens is 368 g/mol. The molecule has 5 heteroatoms. The van der Waals surface area contributed by atoms with E-state index >= 15 is 0 Å². The average molecular weight is 397 g/mol. The van der Waals surface area contributed by atoms with E-state index in [1.54, 1.807) is 0 Å². The van der Waals surface area contributed by atoms with E-state index in [1.807, 2.05) is 38.1 Å². The van der Waals surface area contributed by atoms with Crippen molar-refractivity contribution in [1.82, 2.24) is 4.90 Å². The van der Waals surface area contributed by atoms with Crippen LogP contribution in [0.2, 0.25) is 0 Å². The number of hydrogen-bond donors (Lipinski definition) is 1. The van der Waals surface area contributed by atoms with Crippen molar-refractivity contribution in [2.45, 2.75) is 50.3 Å². The molecule has 134 valence electrons. The maximum absolute atomic E-state index is 11.9. The fraction of sp³-hybridized carbons (Fsp3) is 0.632. The standard InChI is InChI=1S/C19H29BrN2O2/c1-19(2,20)18(23)21-16-8-10-17(11-9-16)24-15-7-14-22-12-5-3-4-6-13-22/h8-11H,3-7,12-15H2,1-2H3,(H,21,23). The molecule has 0 atom stereocenters. The van der Waals surface area contributed by atoms with Gasteiger partial charge in [0, 0.05) is 12.2 Å². The molecule has 1 aliphatic heterocycles. The summed E-state index contributed by atoms with van der Waals surface area (Å²) in [6.45, 7) is 7.97. The van der Waals surface area contributed by atoms with Crippen LogP contribution in [0.3, 0.4) is 0 Å². The van der Waals surface area contributed by atoms with Gasteiger partial charge in [0.15, 0.2) is 0 Å². The van der Waals surface area contributed by atoms with Crippen LogP contribution in [0.25, 0.3) is 0 Å². The van der Waals surface area contributed by atoms with Gasteiger partial charge in [0.05, 0.1) is 10.9 Å². The minimum Gasteiger partial charge on any atom is -0.494 e. The molecule has 1 amide bonds. The van der Waals surface area contributed by atoms with Gasteiger partial charge >= 0.3 is 0 Å². The third-order valence-electron chi connectivity index (χ3n) is 4.24. The van der Waals surface area contributed by atoms with Gasteiger partial charge in [-0.2, -0.15) is 0 Å². The Balaban J connectivity index is 1.69. The number of alkyl halides is 1. The molecule has 1 aliphatic rings. The Hall–Kier alpha value is -1.07. The first-order valence-corrected chi connectivity index (χ1v) is 9.70. The Bertz CT molecular complexity index is 503. The lowest BCUT2D eigenvalue weighted by molar-refractivity contribution is -0.117. The van der Waals surface area contributed by atoms with Gasteiger partial charge in [0.25, 0.3) is 0 Å². The number of benzene rings is 1. The molecule has 2 rings (SSSR count). The Kier molecular flexibility index (Phi) is 7.56. The highest BCUT2D eigenvalue weighted by Gasteiger charge is 2.23. The Labute approximate surface area is 154 Å². The largest absolute Gasteiger partial charge is 0.494 e. The van der Waals surface area contributed by atoms with Crippen LogP contribution in [0.4, 0.5) is 5.69 Å². The topological polar surface area (TPSA) is 41.6 Å². The maximum atomic E-state index is 11.9. The van der Waals surface area contributed by atoms with Gasteiger partial charge in [0.1, 0.15) is 5.75 Å². The van der Waals surface area contributed by atoms with Crippen molar-refractivity contribution in [3.8, 4) is 5.75 Å². The molecule has 0 aliphatic carbocycles. The predicted octanol–water partition coefficient (Wildman–Crippen LogP) is 4.44. The molecule has 0 bridgehead atoms. The van der Waals surface area contributed by atoms with E-state index in [9.17, 15) is 4.79 Å². The van der Waals surface area contributed by atoms with Crippen LogP contribution in [0.5, 0.6) is 5.75 Å². The van der Waals surface area contributed by atoms with Crippen LogP contribution in [0, 0.1) is 0 Å². The molecule has 0 saturated carbocycles. The summed E-state index contributed by atoms with van der Waals surface area (Å²) in [4.78, 5) is 14.5. The number of carbonyl (C=O) groups is 1. The zero-order chi connectivity index (χ0) is 17.4. The molecule has 1 N–H and O–H groups in total. The van der Waals surface area contributed by atoms with Crippen LogP contribution in [-0.4, -0.2) is 41.4 Å². The van der Waals surface area contributed by atoms with Crippen molar-refractivity contribution in [1.29, 1.82) is 0 Å². The van der Waals surface area contributed by atoms with Crippen LogP contribution < -0.4 is 10.1 Å². The van der Waals surface area contributed by atoms with Crippen molar-refractivity contribution >= 4 is 27.5 Å². The van der Waals surface area contributed by atoms with Crippen molar-refractivity contribution < 1.29 is 9.53 Å². The molecule has 1 aromatic rings. The molecule has 24 heavy (non-hydrogen) atoms. The smallest absolute Gasteiger partial charge is 0.240 e. The second-order valence-electron chi connectivity index (χ2n) is 6.91. The maximum Gasteiger partial charge on any atom is 0.240 e. The third kappa shape index (κ3) is 6.81. The van der Waals surface area contributed by atoms with Crippen LogP contribution in [-0.2, 0) is 4.79 Å². The summed E-state index contributed by atoms with van der Waals surface area (Å²) < 4.78 is 5.23. The van der Waals surface area contributed by atoms with E-state index in [-0.39, 0.29) is 5.91 Å². The van der Waals surface area contributed by atoms with E-state index in [0.717, 1.165) is 31.0 Å². The first kappa shape index (κ1) is 19.3. The number of likely N-dealkylation sites (tertiary alicyclic amines) is 1. The fourth-order valence-corrected chi connectivity index (χ4v) is 2.85. The first-order chi connectivity index (χ1) is 11.4. The van der Waals surface area contributed by atoms with E-state index in [0.29, 0.717) is 0 Å². The number of nitrogens with zero attached hydrogens (tertiary/aromatic N) is 1. The Morgan fingerprint density at radius 2 is 1.79 bits per heavy atom. The highest BCUT2D eigenvalue weighted by Crippen LogP contribution is 2.21. The quantitative estimate of drug-likeness (QED) is 0.546. The highest BCUT2D eigenvalue weighted by molar-refractivity contribution is 9.10. The summed E-state index contributed by atoms with van der Waals surface area (Å²) in [5, 5.41) is 2.88. The molecule has 1 aromatic carbocycles. The van der Waals surface area contributed by atoms with Crippen molar-refractivity contribution in [2.75, 3.05) is 31.6 Å². The van der Waals surface area contributed by atoms with Gasteiger partial charge in [-0.3, -0.25) is 4.79 Å². The lowest BCUT2D eigenvalue weighted by atomic mass is 10.2. The lowest BCUT2D eigenvalue weighted by Crippen LogP contribution is -2.30. The molecule has 1 heterocycles. The highest BCUT2D eigenvalue weighted by atomic mass is 79.9. The minimum atomic E-state index is -0.574. The molecule has 1 fully saturated rings. The molecule has 0 radical (unpaired) electrons. The number of anilines is 1. The van der Waals surface area contributed by atoms with E-state index in [2.05, 4.69) is 26.1 Å². The number of amides is 1. The Morgan fingerprint density at radius 1 is 1.17 bits per heavy atom. The van der Waals surface area contributed by atoms with Gasteiger partial charge in [-0.1, -0.05) is 28.8 Å². The number of carbonyl (C=O) groups excluding carboxylic acids is 1. The van der Waals surface area contributed by atoms with Gasteiger partial charge in [0.2, 0.25) is 5.91 Å².